The van der Waals surface area contributed by atoms with E-state index in [4.69, 9.17) is 9.47 Å². The number of imide groups is 1. The number of benzene rings is 2. The third kappa shape index (κ3) is 4.48. The number of hydrogen-bond acceptors (Lipinski definition) is 5. The number of carbonyl (C=O) groups excluding carboxylic acids is 2. The van der Waals surface area contributed by atoms with E-state index in [9.17, 15) is 9.59 Å². The van der Waals surface area contributed by atoms with Crippen molar-refractivity contribution in [1.82, 2.24) is 4.90 Å². The summed E-state index contributed by atoms with van der Waals surface area (Å²) in [5, 5.41) is 3.15. The second kappa shape index (κ2) is 9.03. The Morgan fingerprint density at radius 1 is 0.933 bits per heavy atom. The summed E-state index contributed by atoms with van der Waals surface area (Å²) in [6, 6.07) is 14.5. The molecule has 0 aliphatic carbocycles. The van der Waals surface area contributed by atoms with Crippen LogP contribution in [-0.2, 0) is 9.59 Å². The summed E-state index contributed by atoms with van der Waals surface area (Å²) in [6.45, 7) is 8.21. The number of para-hydroxylation sites is 2. The second-order valence-electron chi connectivity index (χ2n) is 7.88. The summed E-state index contributed by atoms with van der Waals surface area (Å²) in [4.78, 5) is 27.7. The lowest BCUT2D eigenvalue weighted by molar-refractivity contribution is -0.137. The topological polar surface area (TPSA) is 67.9 Å². The van der Waals surface area contributed by atoms with E-state index in [1.54, 1.807) is 25.3 Å². The molecule has 0 aromatic heterocycles. The van der Waals surface area contributed by atoms with Crippen LogP contribution < -0.4 is 14.8 Å². The normalized spacial score (nSPS) is 14.2. The van der Waals surface area contributed by atoms with Gasteiger partial charge in [0, 0.05) is 6.54 Å². The first-order chi connectivity index (χ1) is 14.3. The van der Waals surface area contributed by atoms with Gasteiger partial charge in [-0.15, -0.1) is 0 Å². The summed E-state index contributed by atoms with van der Waals surface area (Å²) in [5.74, 6) is 0.823. The molecule has 1 aliphatic rings. The van der Waals surface area contributed by atoms with Crippen LogP contribution in [0.4, 0.5) is 5.69 Å². The van der Waals surface area contributed by atoms with Crippen molar-refractivity contribution in [3.8, 4) is 11.5 Å². The number of amides is 2. The first-order valence-corrected chi connectivity index (χ1v) is 10.1. The molecule has 0 radical (unpaired) electrons. The number of ether oxygens (including phenoxy) is 2. The maximum absolute atomic E-state index is 13.2. The Morgan fingerprint density at radius 2 is 1.60 bits per heavy atom. The average molecular weight is 408 g/mol. The molecule has 0 bridgehead atoms. The Labute approximate surface area is 177 Å². The third-order valence-electron chi connectivity index (χ3n) is 4.60. The van der Waals surface area contributed by atoms with Gasteiger partial charge >= 0.3 is 0 Å². The van der Waals surface area contributed by atoms with Gasteiger partial charge in [-0.2, -0.15) is 0 Å². The van der Waals surface area contributed by atoms with Gasteiger partial charge in [0.05, 0.1) is 24.5 Å². The van der Waals surface area contributed by atoms with E-state index < -0.39 is 0 Å². The molecule has 3 rings (SSSR count). The fourth-order valence-electron chi connectivity index (χ4n) is 3.35. The van der Waals surface area contributed by atoms with Crippen molar-refractivity contribution in [2.24, 2.45) is 5.92 Å². The SMILES string of the molecule is COc1ccccc1NC1=C(c2ccc(OC(C)C)cc2)C(=O)N(CC(C)C)C1=O. The van der Waals surface area contributed by atoms with Crippen LogP contribution in [0.1, 0.15) is 33.3 Å². The minimum absolute atomic E-state index is 0.0501. The predicted molar refractivity (Wildman–Crippen MR) is 117 cm³/mol. The van der Waals surface area contributed by atoms with Gasteiger partial charge in [-0.3, -0.25) is 14.5 Å². The highest BCUT2D eigenvalue weighted by Gasteiger charge is 2.39. The number of hydrogen-bond donors (Lipinski definition) is 1. The van der Waals surface area contributed by atoms with Crippen molar-refractivity contribution in [2.75, 3.05) is 19.0 Å². The van der Waals surface area contributed by atoms with Gasteiger partial charge in [0.15, 0.2) is 0 Å². The van der Waals surface area contributed by atoms with E-state index >= 15 is 0 Å². The van der Waals surface area contributed by atoms with Gasteiger partial charge in [-0.1, -0.05) is 38.1 Å². The number of nitrogens with one attached hydrogen (secondary N) is 1. The summed E-state index contributed by atoms with van der Waals surface area (Å²) in [5.41, 5.74) is 1.89. The molecule has 0 atom stereocenters. The van der Waals surface area contributed by atoms with E-state index in [0.717, 1.165) is 0 Å². The zero-order valence-electron chi connectivity index (χ0n) is 18.1. The standard InChI is InChI=1S/C24H28N2O4/c1-15(2)14-26-23(27)21(17-10-12-18(13-11-17)30-16(3)4)22(24(26)28)25-19-8-6-7-9-20(19)29-5/h6-13,15-16,25H,14H2,1-5H3. The number of anilines is 1. The lowest BCUT2D eigenvalue weighted by atomic mass is 10.0. The zero-order valence-corrected chi connectivity index (χ0v) is 18.1. The number of methoxy groups -OCH3 is 1. The Kier molecular flexibility index (Phi) is 6.45. The number of rotatable bonds is 8. The maximum atomic E-state index is 13.2. The molecule has 158 valence electrons. The lowest BCUT2D eigenvalue weighted by Crippen LogP contribution is -2.35. The molecule has 1 N–H and O–H groups in total. The highest BCUT2D eigenvalue weighted by molar-refractivity contribution is 6.36. The zero-order chi connectivity index (χ0) is 21.8. The summed E-state index contributed by atoms with van der Waals surface area (Å²) >= 11 is 0. The van der Waals surface area contributed by atoms with Crippen molar-refractivity contribution >= 4 is 23.1 Å². The van der Waals surface area contributed by atoms with E-state index in [0.29, 0.717) is 34.9 Å². The number of nitrogens with zero attached hydrogens (tertiary/aromatic N) is 1. The summed E-state index contributed by atoms with van der Waals surface area (Å²) in [7, 11) is 1.57. The molecule has 0 saturated carbocycles. The van der Waals surface area contributed by atoms with Gasteiger partial charge in [-0.25, -0.2) is 0 Å². The lowest BCUT2D eigenvalue weighted by Gasteiger charge is -2.17. The fourth-order valence-corrected chi connectivity index (χ4v) is 3.35. The van der Waals surface area contributed by atoms with Gasteiger partial charge in [0.2, 0.25) is 0 Å². The van der Waals surface area contributed by atoms with Crippen LogP contribution in [0.5, 0.6) is 11.5 Å². The van der Waals surface area contributed by atoms with Crippen LogP contribution in [0.2, 0.25) is 0 Å². The van der Waals surface area contributed by atoms with Crippen molar-refractivity contribution in [3.63, 3.8) is 0 Å². The number of carbonyl (C=O) groups is 2. The average Bonchev–Trinajstić information content (AvgIpc) is 2.93. The molecular weight excluding hydrogens is 380 g/mol. The highest BCUT2D eigenvalue weighted by atomic mass is 16.5. The largest absolute Gasteiger partial charge is 0.495 e. The first kappa shape index (κ1) is 21.4. The molecular formula is C24H28N2O4. The molecule has 1 heterocycles. The van der Waals surface area contributed by atoms with Gasteiger partial charge in [0.25, 0.3) is 11.8 Å². The quantitative estimate of drug-likeness (QED) is 0.659. The Hall–Kier alpha value is -3.28. The van der Waals surface area contributed by atoms with Crippen LogP contribution >= 0.6 is 0 Å². The summed E-state index contributed by atoms with van der Waals surface area (Å²) < 4.78 is 11.1. The minimum atomic E-state index is -0.336. The monoisotopic (exact) mass is 408 g/mol. The van der Waals surface area contributed by atoms with Gasteiger partial charge < -0.3 is 14.8 Å². The third-order valence-corrected chi connectivity index (χ3v) is 4.60. The Morgan fingerprint density at radius 3 is 2.20 bits per heavy atom. The van der Waals surface area contributed by atoms with E-state index in [-0.39, 0.29) is 29.5 Å². The Bertz CT molecular complexity index is 961. The first-order valence-electron chi connectivity index (χ1n) is 10.1. The molecule has 2 aromatic rings. The smallest absolute Gasteiger partial charge is 0.278 e. The Balaban J connectivity index is 2.04. The van der Waals surface area contributed by atoms with Crippen LogP contribution in [0.3, 0.4) is 0 Å². The van der Waals surface area contributed by atoms with Crippen molar-refractivity contribution in [1.29, 1.82) is 0 Å². The summed E-state index contributed by atoms with van der Waals surface area (Å²) in [6.07, 6.45) is 0.0501. The molecule has 6 nitrogen and oxygen atoms in total. The molecule has 2 amide bonds. The van der Waals surface area contributed by atoms with E-state index in [2.05, 4.69) is 5.32 Å². The molecule has 30 heavy (non-hydrogen) atoms. The van der Waals surface area contributed by atoms with Crippen LogP contribution in [-0.4, -0.2) is 36.5 Å². The van der Waals surface area contributed by atoms with Crippen molar-refractivity contribution in [3.05, 3.63) is 59.8 Å². The molecule has 0 spiro atoms. The van der Waals surface area contributed by atoms with Gasteiger partial charge in [0.1, 0.15) is 17.2 Å². The molecule has 0 saturated heterocycles. The predicted octanol–water partition coefficient (Wildman–Crippen LogP) is 4.33. The molecule has 2 aromatic carbocycles. The van der Waals surface area contributed by atoms with Crippen LogP contribution in [0, 0.1) is 5.92 Å². The maximum Gasteiger partial charge on any atom is 0.278 e. The van der Waals surface area contributed by atoms with Crippen LogP contribution in [0.25, 0.3) is 5.57 Å². The molecule has 6 heteroatoms. The fraction of sp³-hybridized carbons (Fsp3) is 0.333. The van der Waals surface area contributed by atoms with Crippen molar-refractivity contribution in [2.45, 2.75) is 33.8 Å². The van der Waals surface area contributed by atoms with Crippen molar-refractivity contribution < 1.29 is 19.1 Å². The van der Waals surface area contributed by atoms with E-state index in [1.165, 1.54) is 4.90 Å². The minimum Gasteiger partial charge on any atom is -0.495 e. The van der Waals surface area contributed by atoms with Crippen LogP contribution in [0.15, 0.2) is 54.2 Å². The highest BCUT2D eigenvalue weighted by Crippen LogP contribution is 2.34. The molecule has 0 fully saturated rings. The molecule has 0 unspecified atom stereocenters. The van der Waals surface area contributed by atoms with Gasteiger partial charge in [-0.05, 0) is 49.6 Å². The molecule has 1 aliphatic heterocycles. The van der Waals surface area contributed by atoms with E-state index in [1.807, 2.05) is 58.0 Å². The second-order valence-corrected chi connectivity index (χ2v) is 7.88.